The molecule has 2 N–H and O–H groups in total. The normalized spacial score (nSPS) is 16.0. The lowest BCUT2D eigenvalue weighted by Crippen LogP contribution is -2.44. The fraction of sp³-hybridized carbons (Fsp3) is 0.500. The van der Waals surface area contributed by atoms with E-state index in [2.05, 4.69) is 38.5 Å². The zero-order chi connectivity index (χ0) is 22.8. The Kier molecular flexibility index (Phi) is 9.10. The number of likely N-dealkylation sites (N-methyl/N-ethyl adjacent to an activating group) is 1. The minimum absolute atomic E-state index is 0.0922. The molecule has 2 heterocycles. The molecule has 174 valence electrons. The van der Waals surface area contributed by atoms with Crippen molar-refractivity contribution < 1.29 is 9.13 Å². The lowest BCUT2D eigenvalue weighted by atomic mass is 10.2. The highest BCUT2D eigenvalue weighted by Crippen LogP contribution is 2.16. The number of guanidine groups is 1. The Morgan fingerprint density at radius 3 is 2.69 bits per heavy atom. The Hall–Kier alpha value is -2.87. The van der Waals surface area contributed by atoms with Crippen molar-refractivity contribution in [2.24, 2.45) is 4.99 Å². The van der Waals surface area contributed by atoms with Gasteiger partial charge in [0.2, 0.25) is 0 Å². The van der Waals surface area contributed by atoms with Crippen molar-refractivity contribution in [1.82, 2.24) is 20.5 Å². The summed E-state index contributed by atoms with van der Waals surface area (Å²) in [5.41, 5.74) is 1.12. The molecule has 1 aliphatic heterocycles. The van der Waals surface area contributed by atoms with Gasteiger partial charge in [-0.1, -0.05) is 13.0 Å². The van der Waals surface area contributed by atoms with Crippen molar-refractivity contribution in [3.05, 3.63) is 54.0 Å². The van der Waals surface area contributed by atoms with Crippen LogP contribution in [0.25, 0.3) is 0 Å². The first kappa shape index (κ1) is 23.8. The molecule has 0 aliphatic carbocycles. The van der Waals surface area contributed by atoms with Gasteiger partial charge >= 0.3 is 0 Å². The van der Waals surface area contributed by atoms with Gasteiger partial charge in [0.15, 0.2) is 5.96 Å². The van der Waals surface area contributed by atoms with E-state index in [0.717, 1.165) is 56.5 Å². The number of piperazine rings is 1. The number of anilines is 1. The van der Waals surface area contributed by atoms with Crippen LogP contribution in [-0.4, -0.2) is 68.3 Å². The maximum Gasteiger partial charge on any atom is 0.191 e. The van der Waals surface area contributed by atoms with Crippen LogP contribution in [-0.2, 0) is 6.54 Å². The average molecular weight is 443 g/mol. The lowest BCUT2D eigenvalue weighted by molar-refractivity contribution is 0.198. The van der Waals surface area contributed by atoms with Crippen LogP contribution in [0.4, 0.5) is 10.2 Å². The number of pyridine rings is 1. The van der Waals surface area contributed by atoms with Crippen LogP contribution in [0, 0.1) is 5.82 Å². The van der Waals surface area contributed by atoms with Gasteiger partial charge in [-0.2, -0.15) is 0 Å². The van der Waals surface area contributed by atoms with E-state index >= 15 is 0 Å². The van der Waals surface area contributed by atoms with E-state index in [4.69, 9.17) is 9.73 Å². The molecule has 0 amide bonds. The van der Waals surface area contributed by atoms with Gasteiger partial charge < -0.3 is 25.2 Å². The van der Waals surface area contributed by atoms with Crippen molar-refractivity contribution >= 4 is 11.8 Å². The van der Waals surface area contributed by atoms with Gasteiger partial charge in [0.05, 0.1) is 13.1 Å². The topological polar surface area (TPSA) is 65.0 Å². The van der Waals surface area contributed by atoms with Crippen LogP contribution in [0.2, 0.25) is 0 Å². The number of hydrogen-bond acceptors (Lipinski definition) is 5. The van der Waals surface area contributed by atoms with Crippen LogP contribution in [0.1, 0.15) is 25.8 Å². The monoisotopic (exact) mass is 442 g/mol. The molecule has 0 radical (unpaired) electrons. The molecule has 7 nitrogen and oxygen atoms in total. The molecular weight excluding hydrogens is 407 g/mol. The van der Waals surface area contributed by atoms with Gasteiger partial charge in [0.25, 0.3) is 0 Å². The molecule has 1 aromatic heterocycles. The Balaban J connectivity index is 1.57. The first-order chi connectivity index (χ1) is 15.6. The minimum atomic E-state index is -0.298. The third kappa shape index (κ3) is 7.37. The quantitative estimate of drug-likeness (QED) is 0.460. The number of nitrogens with zero attached hydrogens (tertiary/aromatic N) is 4. The van der Waals surface area contributed by atoms with Crippen molar-refractivity contribution in [1.29, 1.82) is 0 Å². The number of ether oxygens (including phenoxy) is 1. The number of nitrogens with one attached hydrogen (secondary N) is 2. The lowest BCUT2D eigenvalue weighted by Gasteiger charge is -2.33. The van der Waals surface area contributed by atoms with E-state index in [-0.39, 0.29) is 11.9 Å². The Labute approximate surface area is 190 Å². The summed E-state index contributed by atoms with van der Waals surface area (Å²) >= 11 is 0. The van der Waals surface area contributed by atoms with Gasteiger partial charge in [-0.05, 0) is 50.2 Å². The molecule has 1 aromatic carbocycles. The molecular formula is C24H35FN6O. The maximum atomic E-state index is 13.4. The molecule has 1 aliphatic rings. The molecule has 0 spiro atoms. The fourth-order valence-electron chi connectivity index (χ4n) is 3.49. The Morgan fingerprint density at radius 2 is 1.97 bits per heavy atom. The number of hydrogen-bond donors (Lipinski definition) is 2. The van der Waals surface area contributed by atoms with Crippen LogP contribution >= 0.6 is 0 Å². The third-order valence-electron chi connectivity index (χ3n) is 5.45. The molecule has 3 rings (SSSR count). The number of aliphatic imine (C=N–C) groups is 1. The van der Waals surface area contributed by atoms with Crippen molar-refractivity contribution in [2.45, 2.75) is 32.9 Å². The predicted octanol–water partition coefficient (Wildman–Crippen LogP) is 2.89. The largest absolute Gasteiger partial charge is 0.489 e. The minimum Gasteiger partial charge on any atom is -0.489 e. The zero-order valence-corrected chi connectivity index (χ0v) is 19.4. The van der Waals surface area contributed by atoms with Crippen LogP contribution in [0.15, 0.2) is 47.6 Å². The first-order valence-electron chi connectivity index (χ1n) is 11.4. The number of aromatic nitrogens is 1. The summed E-state index contributed by atoms with van der Waals surface area (Å²) in [4.78, 5) is 13.9. The summed E-state index contributed by atoms with van der Waals surface area (Å²) in [6, 6.07) is 10.4. The summed E-state index contributed by atoms with van der Waals surface area (Å²) in [5, 5.41) is 6.63. The van der Waals surface area contributed by atoms with Gasteiger partial charge in [-0.15, -0.1) is 0 Å². The molecule has 1 atom stereocenters. The van der Waals surface area contributed by atoms with Crippen LogP contribution in [0.3, 0.4) is 0 Å². The van der Waals surface area contributed by atoms with Crippen LogP contribution < -0.4 is 20.3 Å². The highest BCUT2D eigenvalue weighted by Gasteiger charge is 2.15. The highest BCUT2D eigenvalue weighted by atomic mass is 19.1. The van der Waals surface area contributed by atoms with Gasteiger partial charge in [0, 0.05) is 45.0 Å². The maximum absolute atomic E-state index is 13.4. The van der Waals surface area contributed by atoms with Gasteiger partial charge in [0.1, 0.15) is 23.5 Å². The molecule has 32 heavy (non-hydrogen) atoms. The van der Waals surface area contributed by atoms with Gasteiger partial charge in [-0.3, -0.25) is 0 Å². The van der Waals surface area contributed by atoms with E-state index in [1.165, 1.54) is 12.1 Å². The second-order valence-corrected chi connectivity index (χ2v) is 7.99. The highest BCUT2D eigenvalue weighted by molar-refractivity contribution is 5.79. The average Bonchev–Trinajstić information content (AvgIpc) is 2.80. The summed E-state index contributed by atoms with van der Waals surface area (Å²) in [5.74, 6) is 1.98. The second-order valence-electron chi connectivity index (χ2n) is 7.99. The van der Waals surface area contributed by atoms with Gasteiger partial charge in [-0.25, -0.2) is 14.4 Å². The van der Waals surface area contributed by atoms with E-state index in [9.17, 15) is 4.39 Å². The van der Waals surface area contributed by atoms with E-state index in [1.54, 1.807) is 12.1 Å². The number of rotatable bonds is 9. The Morgan fingerprint density at radius 1 is 1.16 bits per heavy atom. The molecule has 0 bridgehead atoms. The first-order valence-corrected chi connectivity index (χ1v) is 11.4. The predicted molar refractivity (Wildman–Crippen MR) is 128 cm³/mol. The molecule has 2 aromatic rings. The van der Waals surface area contributed by atoms with E-state index in [1.807, 2.05) is 26.1 Å². The second kappa shape index (κ2) is 12.2. The molecule has 0 saturated carbocycles. The SMILES string of the molecule is CCNC(=NCc1ccnc(N2CCN(C)CC2)c1)NCC(CC)Oc1cccc(F)c1. The number of benzene rings is 1. The fourth-order valence-corrected chi connectivity index (χ4v) is 3.49. The molecule has 1 unspecified atom stereocenters. The molecule has 1 fully saturated rings. The van der Waals surface area contributed by atoms with Crippen LogP contribution in [0.5, 0.6) is 5.75 Å². The van der Waals surface area contributed by atoms with E-state index < -0.39 is 0 Å². The zero-order valence-electron chi connectivity index (χ0n) is 19.4. The summed E-state index contributed by atoms with van der Waals surface area (Å²) in [6.07, 6.45) is 2.56. The Bertz CT molecular complexity index is 869. The van der Waals surface area contributed by atoms with E-state index in [0.29, 0.717) is 18.8 Å². The number of halogens is 1. The summed E-state index contributed by atoms with van der Waals surface area (Å²) < 4.78 is 19.4. The molecule has 1 saturated heterocycles. The summed E-state index contributed by atoms with van der Waals surface area (Å²) in [7, 11) is 2.15. The van der Waals surface area contributed by atoms with Crippen molar-refractivity contribution in [2.75, 3.05) is 51.2 Å². The standard InChI is InChI=1S/C24H35FN6O/c1-4-21(32-22-8-6-7-20(25)16-22)18-29-24(26-5-2)28-17-19-9-10-27-23(15-19)31-13-11-30(3)12-14-31/h6-10,15-16,21H,4-5,11-14,17-18H2,1-3H3,(H2,26,28,29). The summed E-state index contributed by atoms with van der Waals surface area (Å²) in [6.45, 7) is 10.1. The smallest absolute Gasteiger partial charge is 0.191 e. The van der Waals surface area contributed by atoms with Crippen molar-refractivity contribution in [3.8, 4) is 5.75 Å². The van der Waals surface area contributed by atoms with Crippen molar-refractivity contribution in [3.63, 3.8) is 0 Å². The molecule has 8 heteroatoms. The third-order valence-corrected chi connectivity index (χ3v) is 5.45.